The summed E-state index contributed by atoms with van der Waals surface area (Å²) in [5.41, 5.74) is -0.212. The van der Waals surface area contributed by atoms with Crippen LogP contribution in [0.3, 0.4) is 0 Å². The minimum Gasteiger partial charge on any atom is -0.376 e. The van der Waals surface area contributed by atoms with Crippen LogP contribution in [0.1, 0.15) is 46.5 Å². The number of carbonyl (C=O) groups is 2. The molecule has 0 saturated carbocycles. The number of carbonyl (C=O) groups excluding carboxylic acids is 2. The predicted octanol–water partition coefficient (Wildman–Crippen LogP) is 1.68. The largest absolute Gasteiger partial charge is 0.376 e. The number of nitrogens with one attached hydrogen (secondary N) is 3. The Morgan fingerprint density at radius 2 is 1.75 bits per heavy atom. The first-order valence-electron chi connectivity index (χ1n) is 9.04. The average Bonchev–Trinajstić information content (AvgIpc) is 3.03. The fourth-order valence-corrected chi connectivity index (χ4v) is 3.05. The summed E-state index contributed by atoms with van der Waals surface area (Å²) < 4.78 is 5.48. The molecule has 2 rings (SSSR count). The monoisotopic (exact) mass is 340 g/mol. The highest BCUT2D eigenvalue weighted by Gasteiger charge is 2.25. The zero-order chi connectivity index (χ0) is 17.6. The predicted molar refractivity (Wildman–Crippen MR) is 93.0 cm³/mol. The third kappa shape index (κ3) is 6.55. The van der Waals surface area contributed by atoms with E-state index in [4.69, 9.17) is 4.74 Å². The molecule has 0 aromatic rings. The van der Waals surface area contributed by atoms with Crippen LogP contribution >= 0.6 is 0 Å². The molecule has 2 aliphatic rings. The van der Waals surface area contributed by atoms with Gasteiger partial charge in [-0.1, -0.05) is 0 Å². The number of hydrogen-bond acceptors (Lipinski definition) is 3. The standard InChI is InChI=1S/C17H32N4O3/c1-17(2,3)20-16(23)21-8-6-13(7-9-21)11-18-15(22)19-12-14-5-4-10-24-14/h13-14H,4-12H2,1-3H3,(H,20,23)(H2,18,19,22)/t14-/m1/s1. The quantitative estimate of drug-likeness (QED) is 0.728. The van der Waals surface area contributed by atoms with Crippen LogP contribution in [0.2, 0.25) is 0 Å². The molecule has 0 radical (unpaired) electrons. The van der Waals surface area contributed by atoms with Crippen molar-refractivity contribution in [2.75, 3.05) is 32.8 Å². The van der Waals surface area contributed by atoms with E-state index in [1.807, 2.05) is 25.7 Å². The van der Waals surface area contributed by atoms with Crippen molar-refractivity contribution in [2.45, 2.75) is 58.1 Å². The highest BCUT2D eigenvalue weighted by molar-refractivity contribution is 5.75. The molecule has 0 bridgehead atoms. The van der Waals surface area contributed by atoms with E-state index < -0.39 is 0 Å². The molecule has 1 atom stereocenters. The van der Waals surface area contributed by atoms with E-state index in [0.717, 1.165) is 45.4 Å². The molecule has 7 heteroatoms. The Hall–Kier alpha value is -1.50. The van der Waals surface area contributed by atoms with Crippen LogP contribution in [0, 0.1) is 5.92 Å². The number of likely N-dealkylation sites (tertiary alicyclic amines) is 1. The lowest BCUT2D eigenvalue weighted by molar-refractivity contribution is 0.111. The third-order valence-corrected chi connectivity index (χ3v) is 4.45. The molecule has 2 saturated heterocycles. The van der Waals surface area contributed by atoms with E-state index in [2.05, 4.69) is 16.0 Å². The molecule has 0 aromatic heterocycles. The number of rotatable bonds is 4. The SMILES string of the molecule is CC(C)(C)NC(=O)N1CCC(CNC(=O)NC[C@H]2CCCO2)CC1. The maximum atomic E-state index is 12.1. The van der Waals surface area contributed by atoms with E-state index in [-0.39, 0.29) is 23.7 Å². The van der Waals surface area contributed by atoms with Gasteiger partial charge in [-0.3, -0.25) is 0 Å². The average molecular weight is 340 g/mol. The summed E-state index contributed by atoms with van der Waals surface area (Å²) in [6, 6.07) is -0.123. The van der Waals surface area contributed by atoms with Crippen LogP contribution in [0.5, 0.6) is 0 Å². The summed E-state index contributed by atoms with van der Waals surface area (Å²) in [6.07, 6.45) is 4.11. The molecule has 2 heterocycles. The number of amides is 4. The van der Waals surface area contributed by atoms with E-state index in [1.54, 1.807) is 0 Å². The normalized spacial score (nSPS) is 22.3. The summed E-state index contributed by atoms with van der Waals surface area (Å²) >= 11 is 0. The summed E-state index contributed by atoms with van der Waals surface area (Å²) in [5, 5.41) is 8.79. The molecule has 0 aliphatic carbocycles. The van der Waals surface area contributed by atoms with Crippen molar-refractivity contribution in [2.24, 2.45) is 5.92 Å². The molecule has 7 nitrogen and oxygen atoms in total. The van der Waals surface area contributed by atoms with Crippen molar-refractivity contribution >= 4 is 12.1 Å². The number of nitrogens with zero attached hydrogens (tertiary/aromatic N) is 1. The van der Waals surface area contributed by atoms with Gasteiger partial charge in [-0.05, 0) is 52.4 Å². The molecule has 138 valence electrons. The number of piperidine rings is 1. The van der Waals surface area contributed by atoms with E-state index in [1.165, 1.54) is 0 Å². The van der Waals surface area contributed by atoms with Crippen LogP contribution < -0.4 is 16.0 Å². The van der Waals surface area contributed by atoms with Crippen LogP contribution in [0.4, 0.5) is 9.59 Å². The fourth-order valence-electron chi connectivity index (χ4n) is 3.05. The summed E-state index contributed by atoms with van der Waals surface area (Å²) in [4.78, 5) is 25.8. The molecule has 3 N–H and O–H groups in total. The first kappa shape index (κ1) is 18.8. The van der Waals surface area contributed by atoms with Gasteiger partial charge in [-0.15, -0.1) is 0 Å². The van der Waals surface area contributed by atoms with Gasteiger partial charge in [-0.25, -0.2) is 9.59 Å². The number of ether oxygens (including phenoxy) is 1. The first-order chi connectivity index (χ1) is 11.3. The maximum absolute atomic E-state index is 12.1. The lowest BCUT2D eigenvalue weighted by Crippen LogP contribution is -2.51. The van der Waals surface area contributed by atoms with Gasteiger partial charge in [-0.2, -0.15) is 0 Å². The van der Waals surface area contributed by atoms with Gasteiger partial charge in [0.15, 0.2) is 0 Å². The van der Waals surface area contributed by atoms with Crippen molar-refractivity contribution in [3.8, 4) is 0 Å². The minimum atomic E-state index is -0.212. The molecular formula is C17H32N4O3. The molecule has 0 unspecified atom stereocenters. The highest BCUT2D eigenvalue weighted by atomic mass is 16.5. The fraction of sp³-hybridized carbons (Fsp3) is 0.882. The molecule has 4 amide bonds. The Kier molecular flexibility index (Phi) is 6.71. The Labute approximate surface area is 144 Å². The molecule has 2 aliphatic heterocycles. The summed E-state index contributed by atoms with van der Waals surface area (Å²) in [5.74, 6) is 0.428. The van der Waals surface area contributed by atoms with Crippen LogP contribution in [-0.4, -0.2) is 61.4 Å². The van der Waals surface area contributed by atoms with E-state index in [0.29, 0.717) is 19.0 Å². The molecule has 0 spiro atoms. The van der Waals surface area contributed by atoms with E-state index in [9.17, 15) is 9.59 Å². The summed E-state index contributed by atoms with van der Waals surface area (Å²) in [7, 11) is 0. The van der Waals surface area contributed by atoms with Crippen LogP contribution in [0.25, 0.3) is 0 Å². The highest BCUT2D eigenvalue weighted by Crippen LogP contribution is 2.17. The lowest BCUT2D eigenvalue weighted by Gasteiger charge is -2.34. The Morgan fingerprint density at radius 3 is 2.33 bits per heavy atom. The topological polar surface area (TPSA) is 82.7 Å². The third-order valence-electron chi connectivity index (χ3n) is 4.45. The number of urea groups is 2. The van der Waals surface area contributed by atoms with Gasteiger partial charge in [0.2, 0.25) is 0 Å². The maximum Gasteiger partial charge on any atom is 0.317 e. The van der Waals surface area contributed by atoms with Crippen molar-refractivity contribution in [3.05, 3.63) is 0 Å². The molecule has 2 fully saturated rings. The second kappa shape index (κ2) is 8.55. The minimum absolute atomic E-state index is 0.00298. The Morgan fingerprint density at radius 1 is 1.08 bits per heavy atom. The van der Waals surface area contributed by atoms with Crippen molar-refractivity contribution in [1.29, 1.82) is 0 Å². The zero-order valence-electron chi connectivity index (χ0n) is 15.2. The Balaban J connectivity index is 1.58. The van der Waals surface area contributed by atoms with Crippen LogP contribution in [-0.2, 0) is 4.74 Å². The lowest BCUT2D eigenvalue weighted by atomic mass is 9.97. The molecular weight excluding hydrogens is 308 g/mol. The van der Waals surface area contributed by atoms with Crippen molar-refractivity contribution in [3.63, 3.8) is 0 Å². The van der Waals surface area contributed by atoms with Gasteiger partial charge in [0.1, 0.15) is 0 Å². The zero-order valence-corrected chi connectivity index (χ0v) is 15.2. The van der Waals surface area contributed by atoms with E-state index >= 15 is 0 Å². The second-order valence-electron chi connectivity index (χ2n) is 7.84. The smallest absolute Gasteiger partial charge is 0.317 e. The molecule has 0 aromatic carbocycles. The van der Waals surface area contributed by atoms with Crippen LogP contribution in [0.15, 0.2) is 0 Å². The van der Waals surface area contributed by atoms with Gasteiger partial charge < -0.3 is 25.6 Å². The van der Waals surface area contributed by atoms with Gasteiger partial charge in [0.05, 0.1) is 6.10 Å². The summed E-state index contributed by atoms with van der Waals surface area (Å²) in [6.45, 7) is 9.47. The molecule has 24 heavy (non-hydrogen) atoms. The van der Waals surface area contributed by atoms with Gasteiger partial charge in [0.25, 0.3) is 0 Å². The van der Waals surface area contributed by atoms with Gasteiger partial charge in [0, 0.05) is 38.3 Å². The van der Waals surface area contributed by atoms with Crippen molar-refractivity contribution < 1.29 is 14.3 Å². The number of hydrogen-bond donors (Lipinski definition) is 3. The second-order valence-corrected chi connectivity index (χ2v) is 7.84. The van der Waals surface area contributed by atoms with Crippen molar-refractivity contribution in [1.82, 2.24) is 20.9 Å². The Bertz CT molecular complexity index is 422. The first-order valence-corrected chi connectivity index (χ1v) is 9.04. The van der Waals surface area contributed by atoms with Gasteiger partial charge >= 0.3 is 12.1 Å².